The van der Waals surface area contributed by atoms with Crippen LogP contribution in [0.15, 0.2) is 0 Å². The molecule has 0 amide bonds. The van der Waals surface area contributed by atoms with Crippen LogP contribution in [-0.2, 0) is 0 Å². The van der Waals surface area contributed by atoms with Gasteiger partial charge in [0.25, 0.3) is 0 Å². The molecule has 0 aromatic rings. The first-order valence-corrected chi connectivity index (χ1v) is 8.55. The van der Waals surface area contributed by atoms with Crippen LogP contribution in [0.3, 0.4) is 0 Å². The predicted octanol–water partition coefficient (Wildman–Crippen LogP) is 1.58. The predicted molar refractivity (Wildman–Crippen MR) is 92.9 cm³/mol. The monoisotopic (exact) mass is 298 g/mol. The van der Waals surface area contributed by atoms with E-state index in [2.05, 4.69) is 68.7 Å². The lowest BCUT2D eigenvalue weighted by Crippen LogP contribution is -2.53. The van der Waals surface area contributed by atoms with E-state index in [1.54, 1.807) is 0 Å². The van der Waals surface area contributed by atoms with Gasteiger partial charge in [0.1, 0.15) is 0 Å². The molecule has 1 fully saturated rings. The Morgan fingerprint density at radius 1 is 1.05 bits per heavy atom. The maximum Gasteiger partial charge on any atom is 0.0113 e. The van der Waals surface area contributed by atoms with Crippen molar-refractivity contribution in [3.05, 3.63) is 0 Å². The molecule has 0 aromatic carbocycles. The van der Waals surface area contributed by atoms with Gasteiger partial charge in [-0.05, 0) is 54.3 Å². The van der Waals surface area contributed by atoms with E-state index >= 15 is 0 Å². The van der Waals surface area contributed by atoms with E-state index in [0.717, 1.165) is 6.54 Å². The summed E-state index contributed by atoms with van der Waals surface area (Å²) in [5, 5.41) is 3.64. The summed E-state index contributed by atoms with van der Waals surface area (Å²) in [5.74, 6) is 0.692. The van der Waals surface area contributed by atoms with Gasteiger partial charge in [0.2, 0.25) is 0 Å². The van der Waals surface area contributed by atoms with Gasteiger partial charge < -0.3 is 10.2 Å². The standard InChI is InChI=1S/C17H38N4/c1-15(14-18-17(3,4)5)16(2)21-12-10-20(11-13-21)9-8-19(6)7/h15-16,18H,8-14H2,1-7H3. The van der Waals surface area contributed by atoms with Crippen LogP contribution in [0.4, 0.5) is 0 Å². The van der Waals surface area contributed by atoms with Crippen LogP contribution in [0.5, 0.6) is 0 Å². The maximum atomic E-state index is 3.64. The van der Waals surface area contributed by atoms with Crippen LogP contribution in [0.25, 0.3) is 0 Å². The van der Waals surface area contributed by atoms with E-state index in [9.17, 15) is 0 Å². The zero-order chi connectivity index (χ0) is 16.0. The van der Waals surface area contributed by atoms with E-state index in [1.807, 2.05) is 0 Å². The average Bonchev–Trinajstić information content (AvgIpc) is 2.41. The highest BCUT2D eigenvalue weighted by molar-refractivity contribution is 4.82. The molecule has 0 aliphatic carbocycles. The second kappa shape index (κ2) is 8.47. The highest BCUT2D eigenvalue weighted by Gasteiger charge is 2.25. The molecule has 1 saturated heterocycles. The Hall–Kier alpha value is -0.160. The molecule has 1 aliphatic rings. The van der Waals surface area contributed by atoms with Crippen molar-refractivity contribution in [1.29, 1.82) is 0 Å². The Bertz CT molecular complexity index is 277. The molecule has 2 atom stereocenters. The van der Waals surface area contributed by atoms with E-state index in [0.29, 0.717) is 12.0 Å². The van der Waals surface area contributed by atoms with Crippen molar-refractivity contribution in [2.45, 2.75) is 46.2 Å². The normalized spacial score (nSPS) is 21.7. The topological polar surface area (TPSA) is 21.8 Å². The highest BCUT2D eigenvalue weighted by atomic mass is 15.3. The molecule has 4 heteroatoms. The number of likely N-dealkylation sites (N-methyl/N-ethyl adjacent to an activating group) is 1. The van der Waals surface area contributed by atoms with Crippen molar-refractivity contribution in [3.63, 3.8) is 0 Å². The first-order chi connectivity index (χ1) is 9.69. The summed E-state index contributed by atoms with van der Waals surface area (Å²) in [5.41, 5.74) is 0.221. The van der Waals surface area contributed by atoms with Gasteiger partial charge in [0.15, 0.2) is 0 Å². The number of nitrogens with zero attached hydrogens (tertiary/aromatic N) is 3. The van der Waals surface area contributed by atoms with Crippen LogP contribution in [-0.4, -0.2) is 86.2 Å². The lowest BCUT2D eigenvalue weighted by atomic mass is 9.99. The van der Waals surface area contributed by atoms with Gasteiger partial charge >= 0.3 is 0 Å². The molecule has 2 unspecified atom stereocenters. The molecule has 1 rings (SSSR count). The molecular weight excluding hydrogens is 260 g/mol. The van der Waals surface area contributed by atoms with Crippen molar-refractivity contribution >= 4 is 0 Å². The third kappa shape index (κ3) is 7.59. The summed E-state index contributed by atoms with van der Waals surface area (Å²) in [6.07, 6.45) is 0. The third-order valence-corrected chi connectivity index (χ3v) is 4.62. The van der Waals surface area contributed by atoms with Gasteiger partial charge in [-0.25, -0.2) is 0 Å². The molecule has 4 nitrogen and oxygen atoms in total. The lowest BCUT2D eigenvalue weighted by Gasteiger charge is -2.41. The molecule has 21 heavy (non-hydrogen) atoms. The van der Waals surface area contributed by atoms with E-state index in [4.69, 9.17) is 0 Å². The molecule has 0 spiro atoms. The van der Waals surface area contributed by atoms with E-state index in [-0.39, 0.29) is 5.54 Å². The number of hydrogen-bond donors (Lipinski definition) is 1. The minimum Gasteiger partial charge on any atom is -0.312 e. The second-order valence-electron chi connectivity index (χ2n) is 8.03. The molecule has 0 saturated carbocycles. The summed E-state index contributed by atoms with van der Waals surface area (Å²) in [7, 11) is 4.31. The van der Waals surface area contributed by atoms with Crippen molar-refractivity contribution in [2.75, 3.05) is 59.9 Å². The van der Waals surface area contributed by atoms with Crippen molar-refractivity contribution < 1.29 is 0 Å². The summed E-state index contributed by atoms with van der Waals surface area (Å²) in [6, 6.07) is 0.663. The van der Waals surface area contributed by atoms with Crippen LogP contribution in [0.1, 0.15) is 34.6 Å². The summed E-state index contributed by atoms with van der Waals surface area (Å²) in [4.78, 5) is 7.54. The second-order valence-corrected chi connectivity index (χ2v) is 8.03. The third-order valence-electron chi connectivity index (χ3n) is 4.62. The maximum absolute atomic E-state index is 3.64. The van der Waals surface area contributed by atoms with Crippen LogP contribution >= 0.6 is 0 Å². The Labute approximate surface area is 132 Å². The first-order valence-electron chi connectivity index (χ1n) is 8.55. The van der Waals surface area contributed by atoms with Gasteiger partial charge in [-0.15, -0.1) is 0 Å². The zero-order valence-corrected chi connectivity index (χ0v) is 15.4. The fraction of sp³-hybridized carbons (Fsp3) is 1.00. The molecule has 0 aromatic heterocycles. The molecule has 1 N–H and O–H groups in total. The molecular formula is C17H38N4. The smallest absolute Gasteiger partial charge is 0.0113 e. The van der Waals surface area contributed by atoms with Crippen molar-refractivity contribution in [1.82, 2.24) is 20.0 Å². The SMILES string of the molecule is CC(CNC(C)(C)C)C(C)N1CCN(CCN(C)C)CC1. The number of rotatable bonds is 7. The number of nitrogens with one attached hydrogen (secondary N) is 1. The largest absolute Gasteiger partial charge is 0.312 e. The van der Waals surface area contributed by atoms with Gasteiger partial charge in [0.05, 0.1) is 0 Å². The summed E-state index contributed by atoms with van der Waals surface area (Å²) >= 11 is 0. The van der Waals surface area contributed by atoms with Crippen LogP contribution < -0.4 is 5.32 Å². The van der Waals surface area contributed by atoms with Crippen molar-refractivity contribution in [3.8, 4) is 0 Å². The van der Waals surface area contributed by atoms with Gasteiger partial charge in [-0.1, -0.05) is 6.92 Å². The molecule has 1 aliphatic heterocycles. The van der Waals surface area contributed by atoms with Crippen LogP contribution in [0, 0.1) is 5.92 Å². The van der Waals surface area contributed by atoms with E-state index < -0.39 is 0 Å². The quantitative estimate of drug-likeness (QED) is 0.770. The Morgan fingerprint density at radius 3 is 2.10 bits per heavy atom. The molecule has 1 heterocycles. The Morgan fingerprint density at radius 2 is 1.62 bits per heavy atom. The zero-order valence-electron chi connectivity index (χ0n) is 15.4. The minimum atomic E-state index is 0.221. The Kier molecular flexibility index (Phi) is 7.62. The average molecular weight is 299 g/mol. The Balaban J connectivity index is 2.29. The summed E-state index contributed by atoms with van der Waals surface area (Å²) < 4.78 is 0. The lowest BCUT2D eigenvalue weighted by molar-refractivity contribution is 0.0758. The summed E-state index contributed by atoms with van der Waals surface area (Å²) in [6.45, 7) is 19.9. The molecule has 0 bridgehead atoms. The molecule has 126 valence electrons. The van der Waals surface area contributed by atoms with Gasteiger partial charge in [-0.2, -0.15) is 0 Å². The van der Waals surface area contributed by atoms with Crippen molar-refractivity contribution in [2.24, 2.45) is 5.92 Å². The molecule has 0 radical (unpaired) electrons. The van der Waals surface area contributed by atoms with Gasteiger partial charge in [0, 0.05) is 50.8 Å². The fourth-order valence-corrected chi connectivity index (χ4v) is 2.73. The minimum absolute atomic E-state index is 0.221. The van der Waals surface area contributed by atoms with Gasteiger partial charge in [-0.3, -0.25) is 9.80 Å². The first kappa shape index (κ1) is 18.9. The highest BCUT2D eigenvalue weighted by Crippen LogP contribution is 2.14. The van der Waals surface area contributed by atoms with Crippen LogP contribution in [0.2, 0.25) is 0 Å². The number of hydrogen-bond acceptors (Lipinski definition) is 4. The fourth-order valence-electron chi connectivity index (χ4n) is 2.73. The van der Waals surface area contributed by atoms with E-state index in [1.165, 1.54) is 39.3 Å². The number of piperazine rings is 1.